The van der Waals surface area contributed by atoms with Crippen LogP contribution < -0.4 is 10.9 Å². The summed E-state index contributed by atoms with van der Waals surface area (Å²) in [6.07, 6.45) is 1.72. The summed E-state index contributed by atoms with van der Waals surface area (Å²) in [4.78, 5) is 35.8. The van der Waals surface area contributed by atoms with Crippen LogP contribution in [0.4, 0.5) is 0 Å². The molecule has 3 aromatic heterocycles. The zero-order chi connectivity index (χ0) is 22.8. The van der Waals surface area contributed by atoms with Gasteiger partial charge in [-0.2, -0.15) is 0 Å². The molecule has 6 nitrogen and oxygen atoms in total. The van der Waals surface area contributed by atoms with Gasteiger partial charge < -0.3 is 5.32 Å². The molecule has 1 aromatic carbocycles. The molecule has 0 unspecified atom stereocenters. The van der Waals surface area contributed by atoms with E-state index in [4.69, 9.17) is 4.98 Å². The van der Waals surface area contributed by atoms with Gasteiger partial charge in [0.2, 0.25) is 5.91 Å². The van der Waals surface area contributed by atoms with Crippen molar-refractivity contribution in [1.82, 2.24) is 19.9 Å². The topological polar surface area (TPSA) is 76.9 Å². The Bertz CT molecular complexity index is 1320. The lowest BCUT2D eigenvalue weighted by molar-refractivity contribution is -0.119. The fourth-order valence-corrected chi connectivity index (χ4v) is 5.31. The first kappa shape index (κ1) is 22.5. The second-order valence-corrected chi connectivity index (χ2v) is 10.3. The summed E-state index contributed by atoms with van der Waals surface area (Å²) < 4.78 is 2.27. The molecule has 0 saturated carbocycles. The average Bonchev–Trinajstić information content (AvgIpc) is 3.13. The highest BCUT2D eigenvalue weighted by Crippen LogP contribution is 2.30. The predicted molar refractivity (Wildman–Crippen MR) is 133 cm³/mol. The third-order valence-electron chi connectivity index (χ3n) is 5.09. The number of thioether (sulfide) groups is 1. The second-order valence-electron chi connectivity index (χ2n) is 8.33. The largest absolute Gasteiger partial charge is 0.353 e. The fourth-order valence-electron chi connectivity index (χ4n) is 3.47. The maximum atomic E-state index is 13.5. The number of carbonyl (C=O) groups is 1. The monoisotopic (exact) mass is 466 g/mol. The summed E-state index contributed by atoms with van der Waals surface area (Å²) in [6.45, 7) is 8.56. The maximum Gasteiger partial charge on any atom is 0.272 e. The molecule has 1 amide bonds. The maximum absolute atomic E-state index is 13.5. The van der Waals surface area contributed by atoms with Crippen molar-refractivity contribution in [2.45, 2.75) is 51.4 Å². The summed E-state index contributed by atoms with van der Waals surface area (Å²) in [5.41, 5.74) is 2.83. The molecular weight excluding hydrogens is 440 g/mol. The van der Waals surface area contributed by atoms with Gasteiger partial charge in [0.15, 0.2) is 5.16 Å². The normalized spacial score (nSPS) is 11.7. The summed E-state index contributed by atoms with van der Waals surface area (Å²) in [5.74, 6) is 0.563. The number of pyridine rings is 1. The molecule has 0 fully saturated rings. The molecule has 0 radical (unpaired) electrons. The van der Waals surface area contributed by atoms with E-state index in [-0.39, 0.29) is 23.3 Å². The Morgan fingerprint density at radius 1 is 1.16 bits per heavy atom. The molecule has 0 aliphatic rings. The molecule has 1 N–H and O–H groups in total. The fraction of sp³-hybridized carbons (Fsp3) is 0.333. The first-order valence-corrected chi connectivity index (χ1v) is 12.4. The minimum absolute atomic E-state index is 0.0621. The molecule has 0 atom stereocenters. The molecule has 0 bridgehead atoms. The van der Waals surface area contributed by atoms with Crippen molar-refractivity contribution in [3.05, 3.63) is 64.1 Å². The van der Waals surface area contributed by atoms with Crippen LogP contribution in [0.25, 0.3) is 20.4 Å². The SMILES string of the molecule is CC(C)NC(=O)CSc1nc2c(sc3ncccc32)c(=O)n1Cc1ccc(C(C)C)cc1. The predicted octanol–water partition coefficient (Wildman–Crippen LogP) is 4.79. The molecule has 4 aromatic rings. The number of hydrogen-bond acceptors (Lipinski definition) is 6. The van der Waals surface area contributed by atoms with Crippen molar-refractivity contribution in [3.8, 4) is 0 Å². The number of nitrogens with one attached hydrogen (secondary N) is 1. The van der Waals surface area contributed by atoms with E-state index in [1.54, 1.807) is 10.8 Å². The smallest absolute Gasteiger partial charge is 0.272 e. The van der Waals surface area contributed by atoms with E-state index < -0.39 is 0 Å². The van der Waals surface area contributed by atoms with Gasteiger partial charge in [0.1, 0.15) is 9.53 Å². The Labute approximate surface area is 195 Å². The molecule has 8 heteroatoms. The molecule has 0 spiro atoms. The number of aromatic nitrogens is 3. The summed E-state index contributed by atoms with van der Waals surface area (Å²) in [7, 11) is 0. The van der Waals surface area contributed by atoms with Gasteiger partial charge in [0.05, 0.1) is 17.8 Å². The molecule has 3 heterocycles. The molecule has 0 aliphatic carbocycles. The lowest BCUT2D eigenvalue weighted by Gasteiger charge is -2.14. The molecular formula is C24H26N4O2S2. The van der Waals surface area contributed by atoms with Crippen LogP contribution in [0.1, 0.15) is 44.7 Å². The van der Waals surface area contributed by atoms with Gasteiger partial charge in [-0.3, -0.25) is 14.2 Å². The van der Waals surface area contributed by atoms with Crippen molar-refractivity contribution in [1.29, 1.82) is 0 Å². The van der Waals surface area contributed by atoms with Crippen LogP contribution in [-0.4, -0.2) is 32.2 Å². The first-order valence-electron chi connectivity index (χ1n) is 10.6. The van der Waals surface area contributed by atoms with Crippen molar-refractivity contribution in [2.24, 2.45) is 0 Å². The zero-order valence-electron chi connectivity index (χ0n) is 18.6. The number of carbonyl (C=O) groups excluding carboxylic acids is 1. The molecule has 0 aliphatic heterocycles. The van der Waals surface area contributed by atoms with Crippen molar-refractivity contribution >= 4 is 49.4 Å². The van der Waals surface area contributed by atoms with E-state index >= 15 is 0 Å². The number of nitrogens with zero attached hydrogens (tertiary/aromatic N) is 3. The van der Waals surface area contributed by atoms with Crippen LogP contribution >= 0.6 is 23.1 Å². The van der Waals surface area contributed by atoms with Gasteiger partial charge in [0, 0.05) is 17.6 Å². The Balaban J connectivity index is 1.77. The molecule has 32 heavy (non-hydrogen) atoms. The summed E-state index contributed by atoms with van der Waals surface area (Å²) >= 11 is 2.65. The van der Waals surface area contributed by atoms with E-state index in [2.05, 4.69) is 48.4 Å². The number of fused-ring (bicyclic) bond motifs is 3. The lowest BCUT2D eigenvalue weighted by atomic mass is 10.0. The van der Waals surface area contributed by atoms with Gasteiger partial charge in [-0.05, 0) is 43.0 Å². The number of benzene rings is 1. The van der Waals surface area contributed by atoms with Crippen molar-refractivity contribution < 1.29 is 4.79 Å². The van der Waals surface area contributed by atoms with Gasteiger partial charge in [0.25, 0.3) is 5.56 Å². The summed E-state index contributed by atoms with van der Waals surface area (Å²) in [6, 6.07) is 12.2. The number of hydrogen-bond donors (Lipinski definition) is 1. The van der Waals surface area contributed by atoms with Crippen molar-refractivity contribution in [2.75, 3.05) is 5.75 Å². The third-order valence-corrected chi connectivity index (χ3v) is 7.15. The van der Waals surface area contributed by atoms with Crippen LogP contribution in [0.15, 0.2) is 52.5 Å². The lowest BCUT2D eigenvalue weighted by Crippen LogP contribution is -2.32. The zero-order valence-corrected chi connectivity index (χ0v) is 20.2. The standard InChI is InChI=1S/C24H26N4O2S2/c1-14(2)17-9-7-16(8-10-17)12-28-23(30)21-20(18-6-5-11-25-22(18)32-21)27-24(28)31-13-19(29)26-15(3)4/h5-11,14-15H,12-13H2,1-4H3,(H,26,29). The highest BCUT2D eigenvalue weighted by atomic mass is 32.2. The van der Waals surface area contributed by atoms with Crippen LogP contribution in [-0.2, 0) is 11.3 Å². The molecule has 4 rings (SSSR count). The Hall–Kier alpha value is -2.71. The first-order chi connectivity index (χ1) is 15.3. The van der Waals surface area contributed by atoms with Crippen LogP contribution in [0.2, 0.25) is 0 Å². The molecule has 0 saturated heterocycles. The highest BCUT2D eigenvalue weighted by Gasteiger charge is 2.18. The number of amides is 1. The average molecular weight is 467 g/mol. The van der Waals surface area contributed by atoms with Crippen molar-refractivity contribution in [3.63, 3.8) is 0 Å². The number of rotatable bonds is 7. The van der Waals surface area contributed by atoms with Gasteiger partial charge in [-0.25, -0.2) is 9.97 Å². The van der Waals surface area contributed by atoms with Gasteiger partial charge >= 0.3 is 0 Å². The van der Waals surface area contributed by atoms with Gasteiger partial charge in [-0.1, -0.05) is 49.9 Å². The van der Waals surface area contributed by atoms with Gasteiger partial charge in [-0.15, -0.1) is 11.3 Å². The van der Waals surface area contributed by atoms with Crippen LogP contribution in [0, 0.1) is 0 Å². The minimum Gasteiger partial charge on any atom is -0.353 e. The Kier molecular flexibility index (Phi) is 6.62. The van der Waals surface area contributed by atoms with E-state index in [1.165, 1.54) is 28.7 Å². The number of thiophene rings is 1. The molecule has 166 valence electrons. The third kappa shape index (κ3) is 4.71. The summed E-state index contributed by atoms with van der Waals surface area (Å²) in [5, 5.41) is 4.30. The minimum atomic E-state index is -0.0993. The van der Waals surface area contributed by atoms with E-state index in [0.29, 0.717) is 27.8 Å². The Morgan fingerprint density at radius 2 is 1.91 bits per heavy atom. The quantitative estimate of drug-likeness (QED) is 0.313. The van der Waals surface area contributed by atoms with E-state index in [9.17, 15) is 9.59 Å². The second kappa shape index (κ2) is 9.42. The Morgan fingerprint density at radius 3 is 2.59 bits per heavy atom. The van der Waals surface area contributed by atoms with E-state index in [0.717, 1.165) is 15.8 Å². The van der Waals surface area contributed by atoms with Crippen LogP contribution in [0.3, 0.4) is 0 Å². The van der Waals surface area contributed by atoms with Crippen LogP contribution in [0.5, 0.6) is 0 Å². The van der Waals surface area contributed by atoms with E-state index in [1.807, 2.05) is 26.0 Å². The highest BCUT2D eigenvalue weighted by molar-refractivity contribution is 7.99.